The lowest BCUT2D eigenvalue weighted by molar-refractivity contribution is -0.126. The highest BCUT2D eigenvalue weighted by atomic mass is 16.3. The Kier molecular flexibility index (Phi) is 4.20. The maximum Gasteiger partial charge on any atom is 0.224 e. The summed E-state index contributed by atoms with van der Waals surface area (Å²) in [5, 5.41) is 8.61. The fraction of sp³-hybridized carbons (Fsp3) is 0.875. The van der Waals surface area contributed by atoms with Crippen LogP contribution in [0.4, 0.5) is 0 Å². The molecular weight excluding hydrogens is 156 g/mol. The van der Waals surface area contributed by atoms with E-state index in [1.807, 2.05) is 11.9 Å². The Balaban J connectivity index is 3.96. The molecule has 0 fully saturated rings. The molecule has 0 radical (unpaired) electrons. The van der Waals surface area contributed by atoms with Gasteiger partial charge in [0.15, 0.2) is 0 Å². The van der Waals surface area contributed by atoms with E-state index in [1.165, 1.54) is 0 Å². The van der Waals surface area contributed by atoms with Crippen LogP contribution in [0.15, 0.2) is 0 Å². The molecule has 12 heavy (non-hydrogen) atoms. The number of primary amides is 1. The Bertz CT molecular complexity index is 157. The predicted molar refractivity (Wildman–Crippen MR) is 47.6 cm³/mol. The summed E-state index contributed by atoms with van der Waals surface area (Å²) in [6.07, 6.45) is 0. The first-order valence-corrected chi connectivity index (χ1v) is 3.99. The van der Waals surface area contributed by atoms with E-state index in [9.17, 15) is 4.79 Å². The van der Waals surface area contributed by atoms with Crippen molar-refractivity contribution < 1.29 is 9.90 Å². The van der Waals surface area contributed by atoms with E-state index < -0.39 is 5.41 Å². The van der Waals surface area contributed by atoms with E-state index in [1.54, 1.807) is 13.8 Å². The summed E-state index contributed by atoms with van der Waals surface area (Å²) in [6, 6.07) is 0. The summed E-state index contributed by atoms with van der Waals surface area (Å²) in [5.74, 6) is -0.313. The SMILES string of the molecule is CN(CCO)CC(C)(C)C(N)=O. The molecule has 0 bridgehead atoms. The molecule has 0 rings (SSSR count). The van der Waals surface area contributed by atoms with Gasteiger partial charge in [-0.1, -0.05) is 0 Å². The number of hydrogen-bond acceptors (Lipinski definition) is 3. The van der Waals surface area contributed by atoms with Crippen LogP contribution in [0.3, 0.4) is 0 Å². The van der Waals surface area contributed by atoms with Gasteiger partial charge in [0.25, 0.3) is 0 Å². The van der Waals surface area contributed by atoms with Crippen molar-refractivity contribution in [1.82, 2.24) is 4.90 Å². The number of carbonyl (C=O) groups is 1. The molecule has 0 aliphatic rings. The molecule has 3 N–H and O–H groups in total. The Hall–Kier alpha value is -0.610. The van der Waals surface area contributed by atoms with Crippen LogP contribution in [0.2, 0.25) is 0 Å². The number of nitrogens with two attached hydrogens (primary N) is 1. The molecule has 4 nitrogen and oxygen atoms in total. The topological polar surface area (TPSA) is 66.6 Å². The second kappa shape index (κ2) is 4.42. The first-order valence-electron chi connectivity index (χ1n) is 3.99. The lowest BCUT2D eigenvalue weighted by atomic mass is 9.92. The summed E-state index contributed by atoms with van der Waals surface area (Å²) >= 11 is 0. The molecule has 0 unspecified atom stereocenters. The third-order valence-electron chi connectivity index (χ3n) is 1.81. The molecule has 0 heterocycles. The first kappa shape index (κ1) is 11.4. The van der Waals surface area contributed by atoms with Crippen molar-refractivity contribution in [1.29, 1.82) is 0 Å². The van der Waals surface area contributed by atoms with Crippen molar-refractivity contribution in [2.45, 2.75) is 13.8 Å². The fourth-order valence-corrected chi connectivity index (χ4v) is 1.00. The van der Waals surface area contributed by atoms with Gasteiger partial charge < -0.3 is 15.7 Å². The number of aliphatic hydroxyl groups is 1. The molecule has 1 amide bonds. The minimum Gasteiger partial charge on any atom is -0.395 e. The standard InChI is InChI=1S/C8H18N2O2/c1-8(2,7(9)12)6-10(3)4-5-11/h11H,4-6H2,1-3H3,(H2,9,12). The van der Waals surface area contributed by atoms with Gasteiger partial charge in [0.1, 0.15) is 0 Å². The van der Waals surface area contributed by atoms with Gasteiger partial charge in [-0.05, 0) is 20.9 Å². The van der Waals surface area contributed by atoms with E-state index in [2.05, 4.69) is 0 Å². The number of likely N-dealkylation sites (N-methyl/N-ethyl adjacent to an activating group) is 1. The van der Waals surface area contributed by atoms with Crippen molar-refractivity contribution >= 4 is 5.91 Å². The lowest BCUT2D eigenvalue weighted by Crippen LogP contribution is -2.41. The lowest BCUT2D eigenvalue weighted by Gasteiger charge is -2.26. The number of nitrogens with zero attached hydrogens (tertiary/aromatic N) is 1. The van der Waals surface area contributed by atoms with Gasteiger partial charge in [-0.3, -0.25) is 4.79 Å². The highest BCUT2D eigenvalue weighted by molar-refractivity contribution is 5.80. The van der Waals surface area contributed by atoms with E-state index in [-0.39, 0.29) is 12.5 Å². The van der Waals surface area contributed by atoms with Crippen LogP contribution in [0.1, 0.15) is 13.8 Å². The average molecular weight is 174 g/mol. The van der Waals surface area contributed by atoms with Crippen LogP contribution >= 0.6 is 0 Å². The Labute approximate surface area is 73.3 Å². The second-order valence-corrected chi connectivity index (χ2v) is 3.71. The third-order valence-corrected chi connectivity index (χ3v) is 1.81. The number of carbonyl (C=O) groups excluding carboxylic acids is 1. The quantitative estimate of drug-likeness (QED) is 0.586. The van der Waals surface area contributed by atoms with Gasteiger partial charge in [-0.25, -0.2) is 0 Å². The van der Waals surface area contributed by atoms with Crippen LogP contribution in [0, 0.1) is 5.41 Å². The molecule has 0 aliphatic carbocycles. The van der Waals surface area contributed by atoms with Gasteiger partial charge in [0.05, 0.1) is 12.0 Å². The molecular formula is C8H18N2O2. The van der Waals surface area contributed by atoms with E-state index in [0.717, 1.165) is 0 Å². The summed E-state index contributed by atoms with van der Waals surface area (Å²) in [7, 11) is 1.85. The van der Waals surface area contributed by atoms with Crippen LogP contribution < -0.4 is 5.73 Å². The van der Waals surface area contributed by atoms with Crippen LogP contribution in [-0.2, 0) is 4.79 Å². The summed E-state index contributed by atoms with van der Waals surface area (Å²) < 4.78 is 0. The van der Waals surface area contributed by atoms with E-state index in [0.29, 0.717) is 13.1 Å². The molecule has 4 heteroatoms. The van der Waals surface area contributed by atoms with Crippen molar-refractivity contribution in [2.75, 3.05) is 26.7 Å². The van der Waals surface area contributed by atoms with Gasteiger partial charge in [0, 0.05) is 13.1 Å². The number of aliphatic hydroxyl groups excluding tert-OH is 1. The zero-order valence-electron chi connectivity index (χ0n) is 8.00. The normalized spacial score (nSPS) is 12.1. The number of hydrogen-bond donors (Lipinski definition) is 2. The van der Waals surface area contributed by atoms with Crippen LogP contribution in [-0.4, -0.2) is 42.7 Å². The fourth-order valence-electron chi connectivity index (χ4n) is 1.00. The monoisotopic (exact) mass is 174 g/mol. The second-order valence-electron chi connectivity index (χ2n) is 3.71. The maximum absolute atomic E-state index is 10.9. The molecule has 0 aromatic carbocycles. The van der Waals surface area contributed by atoms with Crippen molar-refractivity contribution in [3.63, 3.8) is 0 Å². The molecule has 0 aromatic rings. The van der Waals surface area contributed by atoms with E-state index >= 15 is 0 Å². The van der Waals surface area contributed by atoms with Gasteiger partial charge in [-0.2, -0.15) is 0 Å². The predicted octanol–water partition coefficient (Wildman–Crippen LogP) is -0.578. The number of amides is 1. The zero-order chi connectivity index (χ0) is 9.78. The van der Waals surface area contributed by atoms with Crippen molar-refractivity contribution in [2.24, 2.45) is 11.1 Å². The van der Waals surface area contributed by atoms with Crippen molar-refractivity contribution in [3.05, 3.63) is 0 Å². The molecule has 0 aliphatic heterocycles. The average Bonchev–Trinajstić information content (AvgIpc) is 1.85. The minimum atomic E-state index is -0.524. The molecule has 72 valence electrons. The molecule has 0 atom stereocenters. The minimum absolute atomic E-state index is 0.103. The molecule has 0 spiro atoms. The largest absolute Gasteiger partial charge is 0.395 e. The Morgan fingerprint density at radius 2 is 2.08 bits per heavy atom. The Morgan fingerprint density at radius 1 is 1.58 bits per heavy atom. The van der Waals surface area contributed by atoms with Gasteiger partial charge >= 0.3 is 0 Å². The summed E-state index contributed by atoms with van der Waals surface area (Å²) in [5.41, 5.74) is 4.66. The molecule has 0 saturated carbocycles. The zero-order valence-corrected chi connectivity index (χ0v) is 8.00. The summed E-state index contributed by atoms with van der Waals surface area (Å²) in [4.78, 5) is 12.8. The number of rotatable bonds is 5. The Morgan fingerprint density at radius 3 is 2.42 bits per heavy atom. The highest BCUT2D eigenvalue weighted by Crippen LogP contribution is 2.14. The smallest absolute Gasteiger partial charge is 0.224 e. The van der Waals surface area contributed by atoms with Gasteiger partial charge in [-0.15, -0.1) is 0 Å². The van der Waals surface area contributed by atoms with Crippen molar-refractivity contribution in [3.8, 4) is 0 Å². The first-order chi connectivity index (χ1) is 5.40. The van der Waals surface area contributed by atoms with Crippen LogP contribution in [0.5, 0.6) is 0 Å². The maximum atomic E-state index is 10.9. The molecule has 0 aromatic heterocycles. The summed E-state index contributed by atoms with van der Waals surface area (Å²) in [6.45, 7) is 4.83. The molecule has 0 saturated heterocycles. The van der Waals surface area contributed by atoms with Crippen LogP contribution in [0.25, 0.3) is 0 Å². The van der Waals surface area contributed by atoms with E-state index in [4.69, 9.17) is 10.8 Å². The van der Waals surface area contributed by atoms with Gasteiger partial charge in [0.2, 0.25) is 5.91 Å². The highest BCUT2D eigenvalue weighted by Gasteiger charge is 2.26. The third kappa shape index (κ3) is 3.69.